The number of aliphatic imine (C=N–C) groups is 1. The molecule has 0 aliphatic heterocycles. The van der Waals surface area contributed by atoms with E-state index in [0.29, 0.717) is 29.9 Å². The van der Waals surface area contributed by atoms with Crippen LogP contribution in [0, 0.1) is 0 Å². The molecule has 0 aliphatic carbocycles. The number of guanidine groups is 1. The summed E-state index contributed by atoms with van der Waals surface area (Å²) in [6, 6.07) is 3.62. The van der Waals surface area contributed by atoms with E-state index in [-0.39, 0.29) is 24.0 Å². The van der Waals surface area contributed by atoms with Crippen LogP contribution in [0.25, 0.3) is 11.6 Å². The Morgan fingerprint density at radius 2 is 2.32 bits per heavy atom. The third kappa shape index (κ3) is 5.64. The second-order valence-corrected chi connectivity index (χ2v) is 4.28. The molecule has 2 heterocycles. The normalized spacial score (nSPS) is 11.1. The van der Waals surface area contributed by atoms with Gasteiger partial charge >= 0.3 is 0 Å². The third-order valence-electron chi connectivity index (χ3n) is 2.74. The van der Waals surface area contributed by atoms with E-state index in [1.165, 1.54) is 0 Å². The number of aromatic amines is 1. The number of hydrogen-bond acceptors (Lipinski definition) is 5. The zero-order valence-electron chi connectivity index (χ0n) is 12.6. The molecule has 2 aromatic heterocycles. The Hall–Kier alpha value is -1.62. The number of aromatic nitrogens is 3. The molecule has 0 aliphatic rings. The summed E-state index contributed by atoms with van der Waals surface area (Å²) < 4.78 is 10.2. The number of furan rings is 1. The van der Waals surface area contributed by atoms with Gasteiger partial charge in [0, 0.05) is 27.3 Å². The Balaban J connectivity index is 0.00000242. The number of nitrogens with zero attached hydrogens (tertiary/aromatic N) is 3. The van der Waals surface area contributed by atoms with Gasteiger partial charge in [-0.15, -0.1) is 29.1 Å². The summed E-state index contributed by atoms with van der Waals surface area (Å²) in [7, 11) is 3.41. The van der Waals surface area contributed by atoms with Crippen molar-refractivity contribution in [3.63, 3.8) is 0 Å². The summed E-state index contributed by atoms with van der Waals surface area (Å²) in [6.07, 6.45) is 2.51. The largest absolute Gasteiger partial charge is 0.461 e. The van der Waals surface area contributed by atoms with Crippen molar-refractivity contribution in [2.45, 2.75) is 13.0 Å². The van der Waals surface area contributed by atoms with Gasteiger partial charge in [-0.1, -0.05) is 0 Å². The second-order valence-electron chi connectivity index (χ2n) is 4.28. The number of methoxy groups -OCH3 is 1. The molecule has 0 fully saturated rings. The molecule has 9 heteroatoms. The number of rotatable bonds is 7. The summed E-state index contributed by atoms with van der Waals surface area (Å²) in [5.74, 6) is 2.60. The molecule has 3 N–H and O–H groups in total. The van der Waals surface area contributed by atoms with Crippen LogP contribution in [0.1, 0.15) is 12.2 Å². The van der Waals surface area contributed by atoms with Gasteiger partial charge in [-0.2, -0.15) is 0 Å². The van der Waals surface area contributed by atoms with Crippen molar-refractivity contribution in [1.29, 1.82) is 0 Å². The minimum Gasteiger partial charge on any atom is -0.461 e. The van der Waals surface area contributed by atoms with Crippen molar-refractivity contribution in [3.8, 4) is 11.6 Å². The molecule has 0 aromatic carbocycles. The minimum atomic E-state index is 0. The molecular weight excluding hydrogens is 399 g/mol. The van der Waals surface area contributed by atoms with E-state index in [1.54, 1.807) is 26.5 Å². The van der Waals surface area contributed by atoms with Gasteiger partial charge in [0.05, 0.1) is 12.8 Å². The molecule has 22 heavy (non-hydrogen) atoms. The molecule has 8 nitrogen and oxygen atoms in total. The molecule has 0 amide bonds. The molecule has 0 saturated heterocycles. The maximum Gasteiger partial charge on any atom is 0.216 e. The van der Waals surface area contributed by atoms with E-state index >= 15 is 0 Å². The van der Waals surface area contributed by atoms with Crippen LogP contribution in [-0.2, 0) is 11.3 Å². The van der Waals surface area contributed by atoms with Crippen molar-refractivity contribution >= 4 is 29.9 Å². The highest BCUT2D eigenvalue weighted by atomic mass is 127. The summed E-state index contributed by atoms with van der Waals surface area (Å²) in [5.41, 5.74) is 0. The molecule has 0 atom stereocenters. The number of ether oxygens (including phenoxy) is 1. The van der Waals surface area contributed by atoms with Gasteiger partial charge in [0.25, 0.3) is 0 Å². The van der Waals surface area contributed by atoms with Crippen LogP contribution in [0.3, 0.4) is 0 Å². The van der Waals surface area contributed by atoms with Crippen LogP contribution in [-0.4, -0.2) is 48.5 Å². The van der Waals surface area contributed by atoms with Crippen molar-refractivity contribution in [3.05, 3.63) is 24.2 Å². The van der Waals surface area contributed by atoms with Crippen LogP contribution < -0.4 is 10.6 Å². The highest BCUT2D eigenvalue weighted by molar-refractivity contribution is 14.0. The van der Waals surface area contributed by atoms with E-state index in [1.807, 2.05) is 6.07 Å². The van der Waals surface area contributed by atoms with Gasteiger partial charge in [0.15, 0.2) is 11.7 Å². The van der Waals surface area contributed by atoms with Gasteiger partial charge in [-0.25, -0.2) is 4.98 Å². The highest BCUT2D eigenvalue weighted by Gasteiger charge is 2.08. The maximum absolute atomic E-state index is 5.24. The van der Waals surface area contributed by atoms with E-state index in [2.05, 4.69) is 30.8 Å². The lowest BCUT2D eigenvalue weighted by molar-refractivity contribution is 0.195. The van der Waals surface area contributed by atoms with Crippen LogP contribution in [0.5, 0.6) is 0 Å². The smallest absolute Gasteiger partial charge is 0.216 e. The topological polar surface area (TPSA) is 100 Å². The van der Waals surface area contributed by atoms with Crippen molar-refractivity contribution in [1.82, 2.24) is 25.8 Å². The lowest BCUT2D eigenvalue weighted by Crippen LogP contribution is -2.37. The zero-order valence-corrected chi connectivity index (χ0v) is 15.0. The lowest BCUT2D eigenvalue weighted by atomic mass is 10.4. The minimum absolute atomic E-state index is 0. The molecule has 0 radical (unpaired) electrons. The van der Waals surface area contributed by atoms with Crippen LogP contribution >= 0.6 is 24.0 Å². The van der Waals surface area contributed by atoms with Gasteiger partial charge in [0.2, 0.25) is 5.82 Å². The van der Waals surface area contributed by atoms with Gasteiger partial charge in [-0.05, 0) is 18.6 Å². The fourth-order valence-corrected chi connectivity index (χ4v) is 1.70. The molecular formula is C13H21IN6O2. The predicted octanol–water partition coefficient (Wildman–Crippen LogP) is 1.38. The van der Waals surface area contributed by atoms with E-state index < -0.39 is 0 Å². The molecule has 2 rings (SSSR count). The summed E-state index contributed by atoms with van der Waals surface area (Å²) in [5, 5.41) is 13.3. The number of nitrogens with one attached hydrogen (secondary N) is 3. The number of hydrogen-bond donors (Lipinski definition) is 3. The Labute approximate surface area is 146 Å². The number of halogens is 1. The fourth-order valence-electron chi connectivity index (χ4n) is 1.70. The summed E-state index contributed by atoms with van der Waals surface area (Å²) >= 11 is 0. The predicted molar refractivity (Wildman–Crippen MR) is 94.2 cm³/mol. The van der Waals surface area contributed by atoms with Crippen LogP contribution in [0.2, 0.25) is 0 Å². The Morgan fingerprint density at radius 3 is 3.00 bits per heavy atom. The van der Waals surface area contributed by atoms with Crippen molar-refractivity contribution in [2.24, 2.45) is 4.99 Å². The summed E-state index contributed by atoms with van der Waals surface area (Å²) in [6.45, 7) is 2.01. The standard InChI is InChI=1S/C13H20N6O2.HI/c1-14-13(15-6-4-7-20-2)16-9-11-17-12(19-18-11)10-5-3-8-21-10;/h3,5,8H,4,6-7,9H2,1-2H3,(H2,14,15,16)(H,17,18,19);1H. The molecule has 0 bridgehead atoms. The first-order valence-electron chi connectivity index (χ1n) is 6.72. The first kappa shape index (κ1) is 18.4. The monoisotopic (exact) mass is 420 g/mol. The average molecular weight is 420 g/mol. The summed E-state index contributed by atoms with van der Waals surface area (Å²) in [4.78, 5) is 8.47. The SMILES string of the molecule is CN=C(NCCCOC)NCc1nc(-c2ccco2)n[nH]1.I. The third-order valence-corrected chi connectivity index (χ3v) is 2.74. The number of H-pyrrole nitrogens is 1. The molecule has 0 unspecified atom stereocenters. The van der Waals surface area contributed by atoms with E-state index in [0.717, 1.165) is 19.6 Å². The molecule has 0 saturated carbocycles. The van der Waals surface area contributed by atoms with E-state index in [4.69, 9.17) is 9.15 Å². The fraction of sp³-hybridized carbons (Fsp3) is 0.462. The van der Waals surface area contributed by atoms with Gasteiger partial charge in [-0.3, -0.25) is 10.1 Å². The molecule has 2 aromatic rings. The lowest BCUT2D eigenvalue weighted by Gasteiger charge is -2.10. The molecule has 122 valence electrons. The van der Waals surface area contributed by atoms with Crippen molar-refractivity contribution < 1.29 is 9.15 Å². The maximum atomic E-state index is 5.24. The van der Waals surface area contributed by atoms with Crippen LogP contribution in [0.15, 0.2) is 27.8 Å². The first-order valence-corrected chi connectivity index (χ1v) is 6.72. The van der Waals surface area contributed by atoms with Crippen LogP contribution in [0.4, 0.5) is 0 Å². The quantitative estimate of drug-likeness (QED) is 0.271. The van der Waals surface area contributed by atoms with Crippen molar-refractivity contribution in [2.75, 3.05) is 27.3 Å². The Bertz CT molecular complexity index is 555. The highest BCUT2D eigenvalue weighted by Crippen LogP contribution is 2.13. The second kappa shape index (κ2) is 10.2. The Kier molecular flexibility index (Phi) is 8.51. The average Bonchev–Trinajstić information content (AvgIpc) is 3.17. The Morgan fingerprint density at radius 1 is 1.45 bits per heavy atom. The van der Waals surface area contributed by atoms with Gasteiger partial charge < -0.3 is 19.8 Å². The van der Waals surface area contributed by atoms with E-state index in [9.17, 15) is 0 Å². The van der Waals surface area contributed by atoms with Gasteiger partial charge in [0.1, 0.15) is 5.82 Å². The first-order chi connectivity index (χ1) is 10.3. The molecule has 0 spiro atoms. The zero-order chi connectivity index (χ0) is 14.9.